The van der Waals surface area contributed by atoms with Crippen LogP contribution >= 0.6 is 0 Å². The quantitative estimate of drug-likeness (QED) is 0.507. The highest BCUT2D eigenvalue weighted by Gasteiger charge is 2.10. The molecule has 0 bridgehead atoms. The number of nitrogens with one attached hydrogen (secondary N) is 2. The largest absolute Gasteiger partial charge is 0.347 e. The molecule has 0 radical (unpaired) electrons. The van der Waals surface area contributed by atoms with Gasteiger partial charge in [0.05, 0.1) is 0 Å². The molecule has 0 spiro atoms. The van der Waals surface area contributed by atoms with Crippen molar-refractivity contribution >= 4 is 33.6 Å². The lowest BCUT2D eigenvalue weighted by Crippen LogP contribution is -1.96. The van der Waals surface area contributed by atoms with Gasteiger partial charge in [0.1, 0.15) is 0 Å². The van der Waals surface area contributed by atoms with Crippen molar-refractivity contribution in [2.45, 2.75) is 39.7 Å². The van der Waals surface area contributed by atoms with Gasteiger partial charge in [0.2, 0.25) is 5.65 Å². The number of aromatic amines is 1. The second-order valence-electron chi connectivity index (χ2n) is 6.40. The Balaban J connectivity index is 1.64. The van der Waals surface area contributed by atoms with E-state index in [1.807, 2.05) is 0 Å². The lowest BCUT2D eigenvalue weighted by molar-refractivity contribution is 0.616. The van der Waals surface area contributed by atoms with Gasteiger partial charge in [0.15, 0.2) is 11.3 Å². The first-order valence-corrected chi connectivity index (χ1v) is 8.78. The smallest absolute Gasteiger partial charge is 0.201 e. The van der Waals surface area contributed by atoms with E-state index in [0.29, 0.717) is 5.65 Å². The van der Waals surface area contributed by atoms with E-state index in [1.165, 1.54) is 35.7 Å². The van der Waals surface area contributed by atoms with Crippen LogP contribution in [0.5, 0.6) is 0 Å². The first kappa shape index (κ1) is 15.6. The molecule has 3 heterocycles. The fourth-order valence-corrected chi connectivity index (χ4v) is 3.25. The molecule has 0 fully saturated rings. The van der Waals surface area contributed by atoms with Gasteiger partial charge in [0.25, 0.3) is 0 Å². The van der Waals surface area contributed by atoms with Crippen molar-refractivity contribution in [3.8, 4) is 0 Å². The number of H-pyrrole nitrogens is 1. The average molecular weight is 334 g/mol. The summed E-state index contributed by atoms with van der Waals surface area (Å²) in [5.74, 6) is 0.766. The molecule has 4 aromatic rings. The van der Waals surface area contributed by atoms with Crippen molar-refractivity contribution < 1.29 is 0 Å². The van der Waals surface area contributed by atoms with Crippen LogP contribution in [0.15, 0.2) is 36.8 Å². The van der Waals surface area contributed by atoms with E-state index in [1.54, 1.807) is 12.4 Å². The Labute approximate surface area is 146 Å². The molecule has 2 N–H and O–H groups in total. The maximum atomic E-state index is 4.34. The summed E-state index contributed by atoms with van der Waals surface area (Å²) in [7, 11) is 0. The van der Waals surface area contributed by atoms with E-state index in [-0.39, 0.29) is 0 Å². The van der Waals surface area contributed by atoms with Crippen LogP contribution in [0.25, 0.3) is 22.1 Å². The average Bonchev–Trinajstić information content (AvgIpc) is 3.17. The monoisotopic (exact) mass is 334 g/mol. The molecule has 0 saturated heterocycles. The van der Waals surface area contributed by atoms with Crippen molar-refractivity contribution in [1.82, 2.24) is 24.7 Å². The van der Waals surface area contributed by atoms with Crippen LogP contribution in [0.3, 0.4) is 0 Å². The van der Waals surface area contributed by atoms with Gasteiger partial charge in [-0.15, -0.1) is 0 Å². The fraction of sp³-hybridized carbons (Fsp3) is 0.316. The molecule has 0 aliphatic rings. The summed E-state index contributed by atoms with van der Waals surface area (Å²) < 4.78 is 2.36. The Hall–Kier alpha value is -2.89. The van der Waals surface area contributed by atoms with Crippen LogP contribution in [0.2, 0.25) is 0 Å². The number of hydrogen-bond acceptors (Lipinski definition) is 4. The minimum absolute atomic E-state index is 0.615. The molecule has 4 rings (SSSR count). The van der Waals surface area contributed by atoms with Gasteiger partial charge < -0.3 is 9.88 Å². The predicted molar refractivity (Wildman–Crippen MR) is 101 cm³/mol. The maximum absolute atomic E-state index is 4.34. The van der Waals surface area contributed by atoms with E-state index in [9.17, 15) is 0 Å². The molecule has 0 unspecified atom stereocenters. The molecule has 3 aromatic heterocycles. The van der Waals surface area contributed by atoms with Gasteiger partial charge in [-0.3, -0.25) is 5.10 Å². The topological polar surface area (TPSA) is 71.4 Å². The molecule has 1 aromatic carbocycles. The number of nitrogens with zero attached hydrogens (tertiary/aromatic N) is 4. The van der Waals surface area contributed by atoms with E-state index in [4.69, 9.17) is 0 Å². The summed E-state index contributed by atoms with van der Waals surface area (Å²) in [6.45, 7) is 5.48. The highest BCUT2D eigenvalue weighted by atomic mass is 15.2. The zero-order valence-corrected chi connectivity index (χ0v) is 14.6. The van der Waals surface area contributed by atoms with Crippen LogP contribution < -0.4 is 5.32 Å². The summed E-state index contributed by atoms with van der Waals surface area (Å²) in [6.07, 6.45) is 9.30. The van der Waals surface area contributed by atoms with E-state index in [0.717, 1.165) is 23.6 Å². The molecule has 25 heavy (non-hydrogen) atoms. The van der Waals surface area contributed by atoms with Crippen LogP contribution in [0.4, 0.5) is 11.5 Å². The number of benzene rings is 1. The number of unbranched alkanes of at least 4 members (excludes halogenated alkanes) is 2. The van der Waals surface area contributed by atoms with Crippen LogP contribution in [0, 0.1) is 6.92 Å². The fourth-order valence-electron chi connectivity index (χ4n) is 3.25. The summed E-state index contributed by atoms with van der Waals surface area (Å²) in [6, 6.07) is 6.46. The third kappa shape index (κ3) is 2.95. The molecular formula is C19H22N6. The first-order chi connectivity index (χ1) is 12.3. The molecule has 0 atom stereocenters. The Bertz CT molecular complexity index is 1010. The predicted octanol–water partition coefficient (Wildman–Crippen LogP) is 4.55. The van der Waals surface area contributed by atoms with E-state index in [2.05, 4.69) is 68.3 Å². The van der Waals surface area contributed by atoms with Crippen molar-refractivity contribution in [2.75, 3.05) is 5.32 Å². The molecule has 0 amide bonds. The number of aryl methyl sites for hydroxylation is 2. The summed E-state index contributed by atoms with van der Waals surface area (Å²) in [5, 5.41) is 11.8. The van der Waals surface area contributed by atoms with Crippen LogP contribution in [0.1, 0.15) is 31.7 Å². The molecule has 0 saturated carbocycles. The van der Waals surface area contributed by atoms with E-state index >= 15 is 0 Å². The number of aromatic nitrogens is 5. The van der Waals surface area contributed by atoms with Gasteiger partial charge in [-0.2, -0.15) is 5.10 Å². The number of anilines is 2. The third-order valence-electron chi connectivity index (χ3n) is 4.54. The van der Waals surface area contributed by atoms with Gasteiger partial charge in [0, 0.05) is 41.7 Å². The molecular weight excluding hydrogens is 312 g/mol. The highest BCUT2D eigenvalue weighted by molar-refractivity contribution is 5.90. The van der Waals surface area contributed by atoms with Crippen molar-refractivity contribution in [2.24, 2.45) is 0 Å². The maximum Gasteiger partial charge on any atom is 0.201 e. The van der Waals surface area contributed by atoms with Crippen molar-refractivity contribution in [3.05, 3.63) is 42.4 Å². The zero-order valence-electron chi connectivity index (χ0n) is 14.6. The summed E-state index contributed by atoms with van der Waals surface area (Å²) in [5.41, 5.74) is 4.96. The third-order valence-corrected chi connectivity index (χ3v) is 4.54. The Kier molecular flexibility index (Phi) is 4.09. The van der Waals surface area contributed by atoms with Gasteiger partial charge in [-0.25, -0.2) is 9.97 Å². The number of fused-ring (bicyclic) bond motifs is 2. The van der Waals surface area contributed by atoms with Gasteiger partial charge in [-0.1, -0.05) is 19.8 Å². The Morgan fingerprint density at radius 1 is 1.16 bits per heavy atom. The molecule has 0 aliphatic heterocycles. The van der Waals surface area contributed by atoms with Gasteiger partial charge >= 0.3 is 0 Å². The lowest BCUT2D eigenvalue weighted by atomic mass is 10.1. The summed E-state index contributed by atoms with van der Waals surface area (Å²) >= 11 is 0. The van der Waals surface area contributed by atoms with Crippen molar-refractivity contribution in [3.63, 3.8) is 0 Å². The highest BCUT2D eigenvalue weighted by Crippen LogP contribution is 2.27. The molecule has 6 nitrogen and oxygen atoms in total. The summed E-state index contributed by atoms with van der Waals surface area (Å²) in [4.78, 5) is 8.54. The molecule has 0 aliphatic carbocycles. The lowest BCUT2D eigenvalue weighted by Gasteiger charge is -2.07. The second kappa shape index (κ2) is 6.55. The van der Waals surface area contributed by atoms with Gasteiger partial charge in [-0.05, 0) is 37.1 Å². The normalized spacial score (nSPS) is 11.4. The van der Waals surface area contributed by atoms with Crippen molar-refractivity contribution in [1.29, 1.82) is 0 Å². The minimum atomic E-state index is 0.615. The van der Waals surface area contributed by atoms with E-state index < -0.39 is 0 Å². The molecule has 6 heteroatoms. The zero-order chi connectivity index (χ0) is 17.2. The first-order valence-electron chi connectivity index (χ1n) is 8.78. The number of hydrogen-bond donors (Lipinski definition) is 2. The second-order valence-corrected chi connectivity index (χ2v) is 6.40. The Morgan fingerprint density at radius 3 is 2.92 bits per heavy atom. The SMILES string of the molecule is CCCCCn1cc(C)c2cc(Nc3[nH]nc4nccnc34)ccc21. The Morgan fingerprint density at radius 2 is 2.04 bits per heavy atom. The van der Waals surface area contributed by atoms with Crippen LogP contribution in [-0.4, -0.2) is 24.7 Å². The minimum Gasteiger partial charge on any atom is -0.347 e. The standard InChI is InChI=1S/C19H22N6/c1-3-4-5-10-25-12-13(2)15-11-14(6-7-16(15)25)22-19-17-18(23-24-19)21-9-8-20-17/h6-9,11-12H,3-5,10H2,1-2H3,(H2,21,22,23,24). The number of rotatable bonds is 6. The van der Waals surface area contributed by atoms with Crippen LogP contribution in [-0.2, 0) is 6.54 Å². The molecule has 128 valence electrons.